The summed E-state index contributed by atoms with van der Waals surface area (Å²) in [6.45, 7) is -0.121. The zero-order valence-electron chi connectivity index (χ0n) is 21.8. The van der Waals surface area contributed by atoms with Crippen molar-refractivity contribution >= 4 is 73.6 Å². The highest BCUT2D eigenvalue weighted by Gasteiger charge is 2.51. The molecule has 3 unspecified atom stereocenters. The molecule has 0 aromatic carbocycles. The molecule has 44 heavy (non-hydrogen) atoms. The van der Waals surface area contributed by atoms with Crippen LogP contribution in [0, 0.1) is 0 Å². The van der Waals surface area contributed by atoms with Crippen LogP contribution in [-0.4, -0.2) is 66.9 Å². The van der Waals surface area contributed by atoms with Gasteiger partial charge in [0.1, 0.15) is 43.0 Å². The second-order valence-electron chi connectivity index (χ2n) is 9.48. The second kappa shape index (κ2) is 10.6. The molecule has 0 spiro atoms. The molecule has 234 valence electrons. The van der Waals surface area contributed by atoms with Gasteiger partial charge < -0.3 is 25.1 Å². The van der Waals surface area contributed by atoms with Crippen LogP contribution < -0.4 is 36.7 Å². The largest absolute Gasteiger partial charge is 0.563 e. The van der Waals surface area contributed by atoms with Crippen LogP contribution in [0.15, 0.2) is 39.4 Å². The minimum atomic E-state index is -4.22. The molecule has 3 aromatic rings. The van der Waals surface area contributed by atoms with Crippen LogP contribution in [0.5, 0.6) is 5.75 Å². The summed E-state index contributed by atoms with van der Waals surface area (Å²) in [5.74, 6) is -2.07. The van der Waals surface area contributed by atoms with Crippen LogP contribution in [0.25, 0.3) is 17.0 Å². The molecule has 2 saturated heterocycles. The Morgan fingerprint density at radius 3 is 2.82 bits per heavy atom. The standard InChI is InChI=1S/C20H20FN9O10P2S2/c21-11-9-3-36-41(33,43)39-7-1-10(29-5-25-12-15(29)23-4-24-17(12)31)37-8(7)2-35-42(34,44)40-14(11)19(38-9)30-6-26-13-16(30)27-20(22)28-18(13)32/h1,3,6,11-12,15,23,25,33-34,43-44H,2,4-5H2,(H2-2,22,24,27,28,31,32)/p+2/b9-3+/t11-,12-,15?,41?,42?/m1/s1. The van der Waals surface area contributed by atoms with E-state index in [-0.39, 0.29) is 53.8 Å². The Balaban J connectivity index is 1.25. The number of alkyl halides is 1. The van der Waals surface area contributed by atoms with Crippen molar-refractivity contribution in [2.24, 2.45) is 0 Å². The molecule has 19 nitrogen and oxygen atoms in total. The number of anilines is 2. The molecule has 0 saturated carbocycles. The molecule has 4 aliphatic heterocycles. The molecule has 0 aliphatic carbocycles. The number of ether oxygens (including phenoxy) is 1. The first-order valence-electron chi connectivity index (χ1n) is 12.4. The lowest BCUT2D eigenvalue weighted by Crippen LogP contribution is -2.62. The number of nitrogens with zero attached hydrogens (tertiary/aromatic N) is 4. The predicted octanol–water partition coefficient (Wildman–Crippen LogP) is 0.211. The quantitative estimate of drug-likeness (QED) is 0.129. The minimum absolute atomic E-state index is 0.0605. The van der Waals surface area contributed by atoms with E-state index in [1.165, 1.54) is 6.07 Å². The monoisotopic (exact) mass is 693 g/mol. The Morgan fingerprint density at radius 2 is 2.00 bits per heavy atom. The van der Waals surface area contributed by atoms with E-state index in [0.717, 1.165) is 10.9 Å². The summed E-state index contributed by atoms with van der Waals surface area (Å²) in [5.41, 5.74) is 4.71. The number of carbonyl (C=O) groups is 1. The molecule has 5 atom stereocenters. The third-order valence-corrected chi connectivity index (χ3v) is 9.52. The molecule has 24 heteroatoms. The number of hydrogen-bond acceptors (Lipinski definition) is 18. The van der Waals surface area contributed by atoms with Crippen molar-refractivity contribution < 1.29 is 46.2 Å². The smallest absolute Gasteiger partial charge is 0.439 e. The Kier molecular flexibility index (Phi) is 7.11. The van der Waals surface area contributed by atoms with Gasteiger partial charge in [0, 0.05) is 0 Å². The van der Waals surface area contributed by atoms with Crippen LogP contribution in [0.3, 0.4) is 0 Å². The molecule has 2 fully saturated rings. The Hall–Kier alpha value is -3.33. The third kappa shape index (κ3) is 5.21. The molecule has 7 rings (SSSR count). The van der Waals surface area contributed by atoms with Crippen LogP contribution in [-0.2, 0) is 29.7 Å². The first-order chi connectivity index (χ1) is 20.9. The lowest BCUT2D eigenvalue weighted by atomic mass is 10.2. The van der Waals surface area contributed by atoms with Gasteiger partial charge in [0.2, 0.25) is 29.7 Å². The van der Waals surface area contributed by atoms with Crippen LogP contribution in [0.4, 0.5) is 16.2 Å². The zero-order chi connectivity index (χ0) is 31.0. The Morgan fingerprint density at radius 1 is 1.18 bits per heavy atom. The number of nitrogens with one attached hydrogen (secondary N) is 4. The predicted molar refractivity (Wildman–Crippen MR) is 157 cm³/mol. The number of thiol groups is 2. The molecule has 4 aliphatic rings. The highest BCUT2D eigenvalue weighted by atomic mass is 32.7. The van der Waals surface area contributed by atoms with Gasteiger partial charge in [0.25, 0.3) is 17.2 Å². The molecule has 7 heterocycles. The highest BCUT2D eigenvalue weighted by molar-refractivity contribution is 8.47. The summed E-state index contributed by atoms with van der Waals surface area (Å²) in [6.07, 6.45) is -0.919. The van der Waals surface area contributed by atoms with Crippen molar-refractivity contribution in [3.8, 4) is 5.75 Å². The second-order valence-corrected chi connectivity index (χ2v) is 15.3. The van der Waals surface area contributed by atoms with Gasteiger partial charge in [-0.2, -0.15) is 19.3 Å². The number of furan rings is 1. The molecule has 0 radical (unpaired) electrons. The van der Waals surface area contributed by atoms with Crippen LogP contribution >= 0.6 is 38.8 Å². The lowest BCUT2D eigenvalue weighted by molar-refractivity contribution is -0.124. The van der Waals surface area contributed by atoms with Gasteiger partial charge in [-0.1, -0.05) is 0 Å². The fourth-order valence-electron chi connectivity index (χ4n) is 4.77. The van der Waals surface area contributed by atoms with Crippen LogP contribution in [0.1, 0.15) is 5.76 Å². The zero-order valence-corrected chi connectivity index (χ0v) is 25.4. The summed E-state index contributed by atoms with van der Waals surface area (Å²) in [6, 6.07) is 0.822. The SMILES string of the molecule is Nc1nc2c(ncn2C2=C3O[P+](O)(S)OCc4oc(N5CN[C@H]6C(=O)NCNC65)cc4O[P+](O)(S)O/C=C(/O2)[C@H]3F)c(=O)[nH]1. The summed E-state index contributed by atoms with van der Waals surface area (Å²) in [5, 5.41) is 8.89. The molecule has 2 bridgehead atoms. The van der Waals surface area contributed by atoms with Crippen molar-refractivity contribution in [3.05, 3.63) is 46.3 Å². The molecular weight excluding hydrogens is 671 g/mol. The van der Waals surface area contributed by atoms with Crippen molar-refractivity contribution in [1.29, 1.82) is 0 Å². The summed E-state index contributed by atoms with van der Waals surface area (Å²) in [4.78, 5) is 58.4. The fraction of sp³-hybridized carbons (Fsp3) is 0.300. The number of rotatable bonds is 2. The van der Waals surface area contributed by atoms with E-state index in [0.29, 0.717) is 6.26 Å². The number of nitrogens with two attached hydrogens (primary N) is 1. The van der Waals surface area contributed by atoms with Crippen molar-refractivity contribution in [2.75, 3.05) is 24.0 Å². The van der Waals surface area contributed by atoms with E-state index in [2.05, 4.69) is 55.4 Å². The third-order valence-electron chi connectivity index (χ3n) is 6.68. The minimum Gasteiger partial charge on any atom is -0.439 e. The van der Waals surface area contributed by atoms with Gasteiger partial charge in [0.15, 0.2) is 35.6 Å². The summed E-state index contributed by atoms with van der Waals surface area (Å²) in [7, 11) is -8.32. The first kappa shape index (κ1) is 29.4. The molecule has 3 aromatic heterocycles. The van der Waals surface area contributed by atoms with E-state index >= 15 is 4.39 Å². The van der Waals surface area contributed by atoms with Gasteiger partial charge in [-0.3, -0.25) is 38.8 Å². The maximum atomic E-state index is 15.7. The first-order valence-corrected chi connectivity index (χ1v) is 17.9. The average molecular weight is 694 g/mol. The van der Waals surface area contributed by atoms with Crippen LogP contribution in [0.2, 0.25) is 0 Å². The van der Waals surface area contributed by atoms with E-state index in [4.69, 9.17) is 33.0 Å². The number of aromatic nitrogens is 4. The number of amides is 1. The number of fused-ring (bicyclic) bond motifs is 5. The Labute approximate surface area is 256 Å². The van der Waals surface area contributed by atoms with Gasteiger partial charge >= 0.3 is 14.3 Å². The molecule has 1 amide bonds. The maximum absolute atomic E-state index is 15.7. The molecule has 8 N–H and O–H groups in total. The topological polar surface area (TPSA) is 246 Å². The van der Waals surface area contributed by atoms with E-state index in [9.17, 15) is 19.4 Å². The number of carbonyl (C=O) groups excluding carboxylic acids is 1. The normalized spacial score (nSPS) is 31.7. The van der Waals surface area contributed by atoms with E-state index in [1.54, 1.807) is 4.90 Å². The average Bonchev–Trinajstić information content (AvgIpc) is 3.72. The number of nitrogen functional groups attached to an aromatic ring is 1. The van der Waals surface area contributed by atoms with E-state index < -0.39 is 62.2 Å². The molecular formula is C20H22FN9O10P2S2+2. The van der Waals surface area contributed by atoms with Gasteiger partial charge in [-0.15, -0.1) is 0 Å². The summed E-state index contributed by atoms with van der Waals surface area (Å²) >= 11 is 8.19. The van der Waals surface area contributed by atoms with Crippen molar-refractivity contribution in [2.45, 2.75) is 25.0 Å². The highest BCUT2D eigenvalue weighted by Crippen LogP contribution is 2.67. The Bertz CT molecular complexity index is 1800. The number of hydrogen-bond donors (Lipinski definition) is 9. The van der Waals surface area contributed by atoms with E-state index in [1.807, 2.05) is 0 Å². The number of H-pyrrole nitrogens is 1. The van der Waals surface area contributed by atoms with Crippen molar-refractivity contribution in [3.63, 3.8) is 0 Å². The lowest BCUT2D eigenvalue weighted by Gasteiger charge is -2.30. The number of halogens is 1. The number of imidazole rings is 1. The van der Waals surface area contributed by atoms with Gasteiger partial charge in [0.05, 0.1) is 19.4 Å². The fourth-order valence-corrected chi connectivity index (χ4v) is 7.07. The van der Waals surface area contributed by atoms with Crippen molar-refractivity contribution in [1.82, 2.24) is 35.5 Å². The van der Waals surface area contributed by atoms with Gasteiger partial charge in [-0.25, -0.2) is 13.9 Å². The number of aromatic amines is 1. The van der Waals surface area contributed by atoms with Gasteiger partial charge in [-0.05, 0) is 0 Å². The maximum Gasteiger partial charge on any atom is 0.563 e. The summed E-state index contributed by atoms with van der Waals surface area (Å²) < 4.78 is 50.3.